The van der Waals surface area contributed by atoms with Gasteiger partial charge in [-0.2, -0.15) is 0 Å². The summed E-state index contributed by atoms with van der Waals surface area (Å²) in [6.45, 7) is 28.5. The second-order valence-electron chi connectivity index (χ2n) is 18.2. The summed E-state index contributed by atoms with van der Waals surface area (Å²) < 4.78 is 25.7. The van der Waals surface area contributed by atoms with Gasteiger partial charge in [0.2, 0.25) is 0 Å². The average Bonchev–Trinajstić information content (AvgIpc) is 3.22. The van der Waals surface area contributed by atoms with Crippen LogP contribution in [0.15, 0.2) is 5.16 Å². The van der Waals surface area contributed by atoms with Crippen molar-refractivity contribution >= 4 is 36.6 Å². The predicted octanol–water partition coefficient (Wildman–Crippen LogP) is 9.10. The Kier molecular flexibility index (Phi) is 10.4. The van der Waals surface area contributed by atoms with Crippen molar-refractivity contribution in [3.05, 3.63) is 0 Å². The standard InChI is InChI=1S/C34H65NO5Si3/c1-23(14-17-31(36)37-4)26-15-16-27-32-28(22-30(34(26,27)3)39-42(8,9)10)33(2)19-18-25(35-40-43(11,12)13)20-24(33)21-29(32)38-41(5,6)7/h23-24,26-30,32H,14-22H2,1-13H3/b35-25-/t23?,24-,26?,27?,28?,29?,30-,32?,33?,34?/m0/s1. The summed E-state index contributed by atoms with van der Waals surface area (Å²) in [7, 11) is -3.78. The first-order valence-electron chi connectivity index (χ1n) is 17.3. The van der Waals surface area contributed by atoms with Gasteiger partial charge < -0.3 is 18.1 Å². The fraction of sp³-hybridized carbons (Fsp3) is 0.941. The SMILES string of the molecule is COC(=O)CCC(C)C1CCC2C3C(O[Si](C)(C)C)C[C@@H]4C/C(=N\O[Si](C)(C)C)CCC4(C)C3C[C@H](O[Si](C)(C)C)C12C. The number of fused-ring (bicyclic) bond motifs is 5. The molecule has 4 rings (SSSR count). The van der Waals surface area contributed by atoms with Crippen LogP contribution in [0.25, 0.3) is 0 Å². The molecule has 4 saturated carbocycles. The van der Waals surface area contributed by atoms with Gasteiger partial charge in [0, 0.05) is 12.5 Å². The van der Waals surface area contributed by atoms with Gasteiger partial charge in [-0.15, -0.1) is 5.16 Å². The largest absolute Gasteiger partial charge is 0.469 e. The lowest BCUT2D eigenvalue weighted by Gasteiger charge is -2.65. The molecule has 0 saturated heterocycles. The molecule has 4 aliphatic rings. The molecule has 0 aliphatic heterocycles. The molecule has 0 spiro atoms. The van der Waals surface area contributed by atoms with E-state index in [2.05, 4.69) is 79.7 Å². The van der Waals surface area contributed by atoms with Crippen LogP contribution in [-0.2, 0) is 22.9 Å². The fourth-order valence-electron chi connectivity index (χ4n) is 10.0. The van der Waals surface area contributed by atoms with Gasteiger partial charge in [0.1, 0.15) is 0 Å². The number of carbonyl (C=O) groups is 1. The molecule has 0 aromatic heterocycles. The van der Waals surface area contributed by atoms with Gasteiger partial charge in [0.25, 0.3) is 8.32 Å². The Morgan fingerprint density at radius 3 is 2.16 bits per heavy atom. The number of ether oxygens (including phenoxy) is 1. The lowest BCUT2D eigenvalue weighted by Crippen LogP contribution is -2.64. The molecule has 43 heavy (non-hydrogen) atoms. The highest BCUT2D eigenvalue weighted by atomic mass is 28.4. The number of hydrogen-bond donors (Lipinski definition) is 0. The van der Waals surface area contributed by atoms with Crippen molar-refractivity contribution < 1.29 is 22.9 Å². The van der Waals surface area contributed by atoms with Gasteiger partial charge in [-0.25, -0.2) is 0 Å². The molecule has 4 aliphatic carbocycles. The van der Waals surface area contributed by atoms with Crippen LogP contribution in [-0.4, -0.2) is 56.0 Å². The van der Waals surface area contributed by atoms with Gasteiger partial charge in [-0.3, -0.25) is 4.79 Å². The van der Waals surface area contributed by atoms with Crippen LogP contribution in [0.2, 0.25) is 58.9 Å². The van der Waals surface area contributed by atoms with E-state index in [4.69, 9.17) is 23.3 Å². The smallest absolute Gasteiger partial charge is 0.305 e. The number of carbonyl (C=O) groups excluding carboxylic acids is 1. The minimum absolute atomic E-state index is 0.0875. The molecule has 248 valence electrons. The maximum absolute atomic E-state index is 12.1. The first kappa shape index (κ1) is 35.4. The molecule has 0 heterocycles. The number of hydrogen-bond acceptors (Lipinski definition) is 6. The Morgan fingerprint density at radius 2 is 1.58 bits per heavy atom. The van der Waals surface area contributed by atoms with Crippen LogP contribution < -0.4 is 0 Å². The minimum atomic E-state index is -1.81. The molecule has 6 nitrogen and oxygen atoms in total. The zero-order valence-corrected chi connectivity index (χ0v) is 33.0. The topological polar surface area (TPSA) is 66.4 Å². The van der Waals surface area contributed by atoms with Crippen LogP contribution in [0.1, 0.15) is 78.6 Å². The van der Waals surface area contributed by atoms with E-state index in [1.165, 1.54) is 32.1 Å². The van der Waals surface area contributed by atoms with E-state index in [1.807, 2.05) is 0 Å². The van der Waals surface area contributed by atoms with Crippen LogP contribution in [0.5, 0.6) is 0 Å². The Labute approximate surface area is 267 Å². The van der Waals surface area contributed by atoms with E-state index in [-0.39, 0.29) is 22.9 Å². The van der Waals surface area contributed by atoms with Gasteiger partial charge in [0.05, 0.1) is 18.9 Å². The van der Waals surface area contributed by atoms with Gasteiger partial charge in [0.15, 0.2) is 16.6 Å². The maximum Gasteiger partial charge on any atom is 0.305 e. The first-order chi connectivity index (χ1) is 19.7. The zero-order chi connectivity index (χ0) is 32.2. The molecule has 0 radical (unpaired) electrons. The summed E-state index contributed by atoms with van der Waals surface area (Å²) in [4.78, 5) is 12.1. The van der Waals surface area contributed by atoms with Crippen LogP contribution in [0, 0.1) is 46.3 Å². The summed E-state index contributed by atoms with van der Waals surface area (Å²) in [5.41, 5.74) is 1.62. The molecule has 8 unspecified atom stereocenters. The molecular formula is C34H65NO5Si3. The van der Waals surface area contributed by atoms with Crippen molar-refractivity contribution in [2.45, 2.75) is 150 Å². The van der Waals surface area contributed by atoms with Crippen molar-refractivity contribution in [1.82, 2.24) is 0 Å². The quantitative estimate of drug-likeness (QED) is 0.134. The second-order valence-corrected chi connectivity index (χ2v) is 31.5. The van der Waals surface area contributed by atoms with Crippen molar-refractivity contribution in [3.63, 3.8) is 0 Å². The first-order valence-corrected chi connectivity index (χ1v) is 27.6. The molecular weight excluding hydrogens is 587 g/mol. The van der Waals surface area contributed by atoms with Gasteiger partial charge in [-0.1, -0.05) is 20.8 Å². The van der Waals surface area contributed by atoms with E-state index < -0.39 is 25.0 Å². The van der Waals surface area contributed by atoms with E-state index in [1.54, 1.807) is 0 Å². The Morgan fingerprint density at radius 1 is 0.930 bits per heavy atom. The highest BCUT2D eigenvalue weighted by Crippen LogP contribution is 2.69. The molecule has 9 heteroatoms. The van der Waals surface area contributed by atoms with E-state index >= 15 is 0 Å². The molecule has 4 fully saturated rings. The second kappa shape index (κ2) is 12.6. The fourth-order valence-corrected chi connectivity index (χ4v) is 12.8. The number of esters is 1. The van der Waals surface area contributed by atoms with Crippen molar-refractivity contribution in [2.75, 3.05) is 7.11 Å². The monoisotopic (exact) mass is 651 g/mol. The average molecular weight is 652 g/mol. The highest BCUT2D eigenvalue weighted by molar-refractivity contribution is 6.70. The molecule has 0 bridgehead atoms. The van der Waals surface area contributed by atoms with Crippen LogP contribution >= 0.6 is 0 Å². The molecule has 0 N–H and O–H groups in total. The summed E-state index contributed by atoms with van der Waals surface area (Å²) in [5.74, 6) is 3.23. The van der Waals surface area contributed by atoms with Crippen molar-refractivity contribution in [2.24, 2.45) is 51.5 Å². The number of rotatable bonds is 10. The summed E-state index contributed by atoms with van der Waals surface area (Å²) in [5, 5.41) is 4.77. The Balaban J connectivity index is 1.73. The van der Waals surface area contributed by atoms with E-state index in [9.17, 15) is 4.79 Å². The number of methoxy groups -OCH3 is 1. The predicted molar refractivity (Wildman–Crippen MR) is 185 cm³/mol. The molecule has 0 aromatic carbocycles. The third-order valence-corrected chi connectivity index (χ3v) is 14.4. The van der Waals surface area contributed by atoms with E-state index in [0.29, 0.717) is 48.0 Å². The third kappa shape index (κ3) is 7.74. The van der Waals surface area contributed by atoms with Gasteiger partial charge >= 0.3 is 5.97 Å². The summed E-state index contributed by atoms with van der Waals surface area (Å²) in [6.07, 6.45) is 9.99. The van der Waals surface area contributed by atoms with Crippen LogP contribution in [0.3, 0.4) is 0 Å². The maximum atomic E-state index is 12.1. The molecule has 0 amide bonds. The molecule has 0 aromatic rings. The number of nitrogens with zero attached hydrogens (tertiary/aromatic N) is 1. The lowest BCUT2D eigenvalue weighted by molar-refractivity contribution is -0.189. The van der Waals surface area contributed by atoms with E-state index in [0.717, 1.165) is 32.1 Å². The molecule has 10 atom stereocenters. The zero-order valence-electron chi connectivity index (χ0n) is 30.0. The Bertz CT molecular complexity index is 1030. The minimum Gasteiger partial charge on any atom is -0.469 e. The Hall–Kier alpha value is -0.489. The third-order valence-electron chi connectivity index (χ3n) is 11.8. The number of oxime groups is 1. The van der Waals surface area contributed by atoms with Crippen molar-refractivity contribution in [3.8, 4) is 0 Å². The van der Waals surface area contributed by atoms with Gasteiger partial charge in [-0.05, 0) is 157 Å². The highest BCUT2D eigenvalue weighted by Gasteiger charge is 2.67. The summed E-state index contributed by atoms with van der Waals surface area (Å²) in [6, 6.07) is 0. The van der Waals surface area contributed by atoms with Crippen LogP contribution in [0.4, 0.5) is 0 Å². The normalized spacial score (nSPS) is 39.9. The lowest BCUT2D eigenvalue weighted by atomic mass is 9.43. The summed E-state index contributed by atoms with van der Waals surface area (Å²) >= 11 is 0. The van der Waals surface area contributed by atoms with Crippen molar-refractivity contribution in [1.29, 1.82) is 0 Å².